The number of hydrogen-bond acceptors (Lipinski definition) is 4. The van der Waals surface area contributed by atoms with Gasteiger partial charge < -0.3 is 20.1 Å². The second-order valence-electron chi connectivity index (χ2n) is 8.71. The van der Waals surface area contributed by atoms with Gasteiger partial charge in [-0.15, -0.1) is 0 Å². The molecular formula is C25H30N2O4. The summed E-state index contributed by atoms with van der Waals surface area (Å²) < 4.78 is 5.34. The fourth-order valence-corrected chi connectivity index (χ4v) is 4.87. The van der Waals surface area contributed by atoms with E-state index in [1.54, 1.807) is 7.11 Å². The largest absolute Gasteiger partial charge is 0.496 e. The number of aliphatic hydroxyl groups is 1. The molecule has 1 fully saturated rings. The van der Waals surface area contributed by atoms with E-state index in [-0.39, 0.29) is 30.4 Å². The standard InChI is InChI=1S/C25H30N2O4/c1-15-4-7-19(12-23(15)31-3)26-24(29)18-5-8-20(9-6-18)27-13-22-16(2)10-17(14-28)11-21(22)25(27)30/h4,7,10-12,18,20,28H,5-6,8-9,13-14H2,1-3H3,(H,26,29). The number of carbonyl (C=O) groups excluding carboxylic acids is 2. The number of aliphatic hydroxyl groups excluding tert-OH is 1. The molecule has 31 heavy (non-hydrogen) atoms. The van der Waals surface area contributed by atoms with Crippen LogP contribution in [0, 0.1) is 19.8 Å². The molecule has 1 aliphatic carbocycles. The summed E-state index contributed by atoms with van der Waals surface area (Å²) in [4.78, 5) is 27.8. The van der Waals surface area contributed by atoms with Gasteiger partial charge in [0.2, 0.25) is 5.91 Å². The summed E-state index contributed by atoms with van der Waals surface area (Å²) in [7, 11) is 1.62. The summed E-state index contributed by atoms with van der Waals surface area (Å²) in [6.45, 7) is 4.52. The number of nitrogens with one attached hydrogen (secondary N) is 1. The van der Waals surface area contributed by atoms with E-state index in [2.05, 4.69) is 5.32 Å². The Balaban J connectivity index is 1.37. The third kappa shape index (κ3) is 4.17. The van der Waals surface area contributed by atoms with Crippen LogP contribution in [-0.4, -0.2) is 35.0 Å². The van der Waals surface area contributed by atoms with Crippen molar-refractivity contribution in [2.24, 2.45) is 5.92 Å². The average Bonchev–Trinajstić information content (AvgIpc) is 3.12. The molecule has 2 N–H and O–H groups in total. The van der Waals surface area contributed by atoms with Crippen LogP contribution in [0.3, 0.4) is 0 Å². The molecule has 2 aromatic carbocycles. The molecule has 0 radical (unpaired) electrons. The summed E-state index contributed by atoms with van der Waals surface area (Å²) in [6, 6.07) is 9.61. The smallest absolute Gasteiger partial charge is 0.254 e. The molecule has 0 saturated heterocycles. The van der Waals surface area contributed by atoms with Crippen LogP contribution in [0.2, 0.25) is 0 Å². The van der Waals surface area contributed by atoms with Gasteiger partial charge in [0, 0.05) is 35.8 Å². The molecule has 4 rings (SSSR count). The third-order valence-corrected chi connectivity index (χ3v) is 6.72. The van der Waals surface area contributed by atoms with Gasteiger partial charge >= 0.3 is 0 Å². The van der Waals surface area contributed by atoms with Crippen molar-refractivity contribution in [1.29, 1.82) is 0 Å². The molecule has 0 unspecified atom stereocenters. The van der Waals surface area contributed by atoms with Crippen molar-refractivity contribution < 1.29 is 19.4 Å². The number of benzene rings is 2. The summed E-state index contributed by atoms with van der Waals surface area (Å²) in [6.07, 6.45) is 3.17. The second-order valence-corrected chi connectivity index (χ2v) is 8.71. The molecule has 6 nitrogen and oxygen atoms in total. The molecule has 0 atom stereocenters. The van der Waals surface area contributed by atoms with Gasteiger partial charge in [0.1, 0.15) is 5.75 Å². The molecule has 0 spiro atoms. The highest BCUT2D eigenvalue weighted by Gasteiger charge is 2.37. The lowest BCUT2D eigenvalue weighted by atomic mass is 9.84. The number of rotatable bonds is 5. The molecule has 164 valence electrons. The minimum Gasteiger partial charge on any atom is -0.496 e. The quantitative estimate of drug-likeness (QED) is 0.765. The van der Waals surface area contributed by atoms with E-state index in [0.717, 1.165) is 64.9 Å². The highest BCUT2D eigenvalue weighted by Crippen LogP contribution is 2.35. The third-order valence-electron chi connectivity index (χ3n) is 6.72. The molecule has 2 aromatic rings. The SMILES string of the molecule is COc1cc(NC(=O)C2CCC(N3Cc4c(C)cc(CO)cc4C3=O)CC2)ccc1C. The molecule has 1 saturated carbocycles. The molecule has 1 heterocycles. The van der Waals surface area contributed by atoms with Crippen molar-refractivity contribution in [3.8, 4) is 5.75 Å². The van der Waals surface area contributed by atoms with Crippen molar-refractivity contribution in [3.63, 3.8) is 0 Å². The zero-order chi connectivity index (χ0) is 22.1. The van der Waals surface area contributed by atoms with Gasteiger partial charge in [-0.2, -0.15) is 0 Å². The van der Waals surface area contributed by atoms with Gasteiger partial charge in [-0.1, -0.05) is 12.1 Å². The Labute approximate surface area is 183 Å². The number of hydrogen-bond donors (Lipinski definition) is 2. The molecule has 0 aromatic heterocycles. The Hall–Kier alpha value is -2.86. The Bertz CT molecular complexity index is 1010. The Morgan fingerprint density at radius 3 is 2.55 bits per heavy atom. The first-order valence-corrected chi connectivity index (χ1v) is 10.9. The number of carbonyl (C=O) groups is 2. The fraction of sp³-hybridized carbons (Fsp3) is 0.440. The Morgan fingerprint density at radius 2 is 1.87 bits per heavy atom. The second kappa shape index (κ2) is 8.71. The first-order valence-electron chi connectivity index (χ1n) is 10.9. The number of anilines is 1. The molecule has 0 bridgehead atoms. The first kappa shape index (κ1) is 21.4. The predicted octanol–water partition coefficient (Wildman–Crippen LogP) is 3.96. The van der Waals surface area contributed by atoms with Gasteiger partial charge in [0.15, 0.2) is 0 Å². The fourth-order valence-electron chi connectivity index (χ4n) is 4.87. The number of fused-ring (bicyclic) bond motifs is 1. The zero-order valence-corrected chi connectivity index (χ0v) is 18.4. The minimum atomic E-state index is -0.0610. The summed E-state index contributed by atoms with van der Waals surface area (Å²) in [5.41, 5.74) is 5.39. The molecular weight excluding hydrogens is 392 g/mol. The van der Waals surface area contributed by atoms with E-state index in [0.29, 0.717) is 6.54 Å². The monoisotopic (exact) mass is 422 g/mol. The average molecular weight is 423 g/mol. The molecule has 6 heteroatoms. The van der Waals surface area contributed by atoms with E-state index in [1.165, 1.54) is 0 Å². The summed E-state index contributed by atoms with van der Waals surface area (Å²) >= 11 is 0. The van der Waals surface area contributed by atoms with E-state index in [9.17, 15) is 14.7 Å². The van der Waals surface area contributed by atoms with Crippen molar-refractivity contribution in [2.75, 3.05) is 12.4 Å². The molecule has 2 aliphatic rings. The van der Waals surface area contributed by atoms with Gasteiger partial charge in [-0.3, -0.25) is 9.59 Å². The zero-order valence-electron chi connectivity index (χ0n) is 18.4. The van der Waals surface area contributed by atoms with E-state index >= 15 is 0 Å². The number of ether oxygens (including phenoxy) is 1. The van der Waals surface area contributed by atoms with Crippen molar-refractivity contribution >= 4 is 17.5 Å². The van der Waals surface area contributed by atoms with Crippen molar-refractivity contribution in [1.82, 2.24) is 4.90 Å². The van der Waals surface area contributed by atoms with E-state index in [1.807, 2.05) is 49.1 Å². The Kier molecular flexibility index (Phi) is 6.01. The van der Waals surface area contributed by atoms with Crippen LogP contribution in [0.4, 0.5) is 5.69 Å². The van der Waals surface area contributed by atoms with Gasteiger partial charge in [-0.25, -0.2) is 0 Å². The van der Waals surface area contributed by atoms with Crippen molar-refractivity contribution in [2.45, 2.75) is 58.7 Å². The molecule has 2 amide bonds. The lowest BCUT2D eigenvalue weighted by molar-refractivity contribution is -0.121. The topological polar surface area (TPSA) is 78.9 Å². The van der Waals surface area contributed by atoms with Crippen LogP contribution in [-0.2, 0) is 17.9 Å². The maximum absolute atomic E-state index is 13.0. The maximum Gasteiger partial charge on any atom is 0.254 e. The Morgan fingerprint density at radius 1 is 1.13 bits per heavy atom. The highest BCUT2D eigenvalue weighted by molar-refractivity contribution is 5.99. The summed E-state index contributed by atoms with van der Waals surface area (Å²) in [5, 5.41) is 12.5. The predicted molar refractivity (Wildman–Crippen MR) is 119 cm³/mol. The van der Waals surface area contributed by atoms with Crippen LogP contribution in [0.1, 0.15) is 58.3 Å². The minimum absolute atomic E-state index is 0.0313. The van der Waals surface area contributed by atoms with Crippen LogP contribution in [0.5, 0.6) is 5.75 Å². The summed E-state index contributed by atoms with van der Waals surface area (Å²) in [5.74, 6) is 0.788. The molecule has 1 aliphatic heterocycles. The van der Waals surface area contributed by atoms with E-state index in [4.69, 9.17) is 4.74 Å². The van der Waals surface area contributed by atoms with Crippen LogP contribution >= 0.6 is 0 Å². The van der Waals surface area contributed by atoms with E-state index < -0.39 is 0 Å². The van der Waals surface area contributed by atoms with Crippen LogP contribution < -0.4 is 10.1 Å². The van der Waals surface area contributed by atoms with Crippen LogP contribution in [0.25, 0.3) is 0 Å². The van der Waals surface area contributed by atoms with Gasteiger partial charge in [-0.05, 0) is 73.9 Å². The highest BCUT2D eigenvalue weighted by atomic mass is 16.5. The number of amides is 2. The van der Waals surface area contributed by atoms with Gasteiger partial charge in [0.05, 0.1) is 13.7 Å². The van der Waals surface area contributed by atoms with Gasteiger partial charge in [0.25, 0.3) is 5.91 Å². The lowest BCUT2D eigenvalue weighted by Crippen LogP contribution is -2.40. The lowest BCUT2D eigenvalue weighted by Gasteiger charge is -2.34. The van der Waals surface area contributed by atoms with Crippen LogP contribution in [0.15, 0.2) is 30.3 Å². The first-order chi connectivity index (χ1) is 14.9. The van der Waals surface area contributed by atoms with Crippen molar-refractivity contribution in [3.05, 3.63) is 58.1 Å². The maximum atomic E-state index is 13.0. The normalized spacial score (nSPS) is 20.5. The number of aryl methyl sites for hydroxylation is 2. The number of methoxy groups -OCH3 is 1. The number of nitrogens with zero attached hydrogens (tertiary/aromatic N) is 1.